The lowest BCUT2D eigenvalue weighted by Gasteiger charge is -2.13. The van der Waals surface area contributed by atoms with Crippen LogP contribution in [0.3, 0.4) is 0 Å². The van der Waals surface area contributed by atoms with Gasteiger partial charge >= 0.3 is 5.97 Å². The summed E-state index contributed by atoms with van der Waals surface area (Å²) in [6, 6.07) is 0. The Morgan fingerprint density at radius 2 is 2.17 bits per heavy atom. The minimum atomic E-state index is -1.11. The average Bonchev–Trinajstić information content (AvgIpc) is 2.39. The van der Waals surface area contributed by atoms with Gasteiger partial charge in [-0.05, 0) is 5.92 Å². The third kappa shape index (κ3) is 0.724. The highest BCUT2D eigenvalue weighted by Crippen LogP contribution is 2.61. The average molecular weight is 170 g/mol. The van der Waals surface area contributed by atoms with E-state index in [-0.39, 0.29) is 29.6 Å². The number of fused-ring (bicyclic) bond motifs is 1. The molecule has 0 aromatic heterocycles. The van der Waals surface area contributed by atoms with Gasteiger partial charge < -0.3 is 9.84 Å². The van der Waals surface area contributed by atoms with E-state index in [0.717, 1.165) is 0 Å². The van der Waals surface area contributed by atoms with Crippen molar-refractivity contribution in [3.8, 4) is 0 Å². The first-order valence-corrected chi connectivity index (χ1v) is 4.43. The zero-order valence-electron chi connectivity index (χ0n) is 7.57. The van der Waals surface area contributed by atoms with Crippen molar-refractivity contribution in [3.05, 3.63) is 0 Å². The maximum atomic E-state index is 11.2. The van der Waals surface area contributed by atoms with Crippen LogP contribution in [0.5, 0.6) is 0 Å². The van der Waals surface area contributed by atoms with E-state index in [1.54, 1.807) is 0 Å². The Labute approximate surface area is 71.7 Å². The Balaban J connectivity index is 2.22. The van der Waals surface area contributed by atoms with E-state index in [0.29, 0.717) is 0 Å². The number of carbonyl (C=O) groups is 1. The molecule has 1 aliphatic heterocycles. The highest BCUT2D eigenvalue weighted by molar-refractivity contribution is 5.78. The first-order valence-electron chi connectivity index (χ1n) is 4.43. The Bertz CT molecular complexity index is 236. The maximum Gasteiger partial charge on any atom is 0.312 e. The maximum absolute atomic E-state index is 11.2. The normalized spacial score (nSPS) is 50.8. The first kappa shape index (κ1) is 8.05. The molecule has 0 aromatic rings. The molecule has 3 heteroatoms. The molecular formula is C9H14O3. The second-order valence-corrected chi connectivity index (χ2v) is 4.26. The zero-order valence-corrected chi connectivity index (χ0v) is 7.57. The van der Waals surface area contributed by atoms with Gasteiger partial charge in [-0.15, -0.1) is 0 Å². The van der Waals surface area contributed by atoms with Crippen LogP contribution in [0.4, 0.5) is 0 Å². The van der Waals surface area contributed by atoms with Crippen molar-refractivity contribution in [1.29, 1.82) is 0 Å². The molecule has 0 bridgehead atoms. The zero-order chi connectivity index (χ0) is 9.09. The molecule has 2 aliphatic rings. The molecule has 0 radical (unpaired) electrons. The number of ether oxygens (including phenoxy) is 1. The summed E-state index contributed by atoms with van der Waals surface area (Å²) in [5.41, 5.74) is 0. The summed E-state index contributed by atoms with van der Waals surface area (Å²) in [6.07, 6.45) is 0. The van der Waals surface area contributed by atoms with E-state index in [2.05, 4.69) is 0 Å². The van der Waals surface area contributed by atoms with Crippen molar-refractivity contribution in [2.24, 2.45) is 23.7 Å². The molecular weight excluding hydrogens is 156 g/mol. The highest BCUT2D eigenvalue weighted by atomic mass is 16.7. The molecule has 3 nitrogen and oxygen atoms in total. The predicted molar refractivity (Wildman–Crippen MR) is 42.0 cm³/mol. The lowest BCUT2D eigenvalue weighted by molar-refractivity contribution is -0.171. The lowest BCUT2D eigenvalue weighted by atomic mass is 9.91. The van der Waals surface area contributed by atoms with Crippen molar-refractivity contribution in [2.75, 3.05) is 0 Å². The Kier molecular flexibility index (Phi) is 1.35. The largest absolute Gasteiger partial charge is 0.432 e. The molecule has 0 aromatic carbocycles. The molecule has 1 N–H and O–H groups in total. The molecule has 1 aliphatic carbocycles. The molecule has 1 saturated carbocycles. The second-order valence-electron chi connectivity index (χ2n) is 4.26. The fourth-order valence-electron chi connectivity index (χ4n) is 2.34. The minimum Gasteiger partial charge on any atom is -0.432 e. The molecule has 2 fully saturated rings. The smallest absolute Gasteiger partial charge is 0.312 e. The molecule has 1 heterocycles. The number of hydrogen-bond donors (Lipinski definition) is 1. The van der Waals surface area contributed by atoms with Gasteiger partial charge in [0.25, 0.3) is 0 Å². The van der Waals surface area contributed by atoms with E-state index in [4.69, 9.17) is 4.74 Å². The molecule has 12 heavy (non-hydrogen) atoms. The summed E-state index contributed by atoms with van der Waals surface area (Å²) in [6.45, 7) is 5.90. The fraction of sp³-hybridized carbons (Fsp3) is 0.889. The fourth-order valence-corrected chi connectivity index (χ4v) is 2.34. The monoisotopic (exact) mass is 170 g/mol. The van der Waals surface area contributed by atoms with Crippen LogP contribution in [0.15, 0.2) is 0 Å². The molecule has 3 unspecified atom stereocenters. The Morgan fingerprint density at radius 3 is 2.50 bits per heavy atom. The second kappa shape index (κ2) is 2.02. The van der Waals surface area contributed by atoms with Crippen LogP contribution in [-0.2, 0) is 9.53 Å². The van der Waals surface area contributed by atoms with Crippen molar-refractivity contribution in [1.82, 2.24) is 0 Å². The van der Waals surface area contributed by atoms with Crippen molar-refractivity contribution >= 4 is 5.97 Å². The summed E-state index contributed by atoms with van der Waals surface area (Å²) in [4.78, 5) is 11.2. The van der Waals surface area contributed by atoms with Crippen LogP contribution in [0.1, 0.15) is 20.8 Å². The van der Waals surface area contributed by atoms with E-state index < -0.39 is 5.79 Å². The third-order valence-electron chi connectivity index (χ3n) is 3.20. The van der Waals surface area contributed by atoms with Gasteiger partial charge in [-0.2, -0.15) is 0 Å². The van der Waals surface area contributed by atoms with Gasteiger partial charge in [-0.1, -0.05) is 20.8 Å². The van der Waals surface area contributed by atoms with Gasteiger partial charge in [0.1, 0.15) is 0 Å². The number of hydrogen-bond acceptors (Lipinski definition) is 3. The Morgan fingerprint density at radius 1 is 1.58 bits per heavy atom. The van der Waals surface area contributed by atoms with Crippen LogP contribution < -0.4 is 0 Å². The minimum absolute atomic E-state index is 0.0463. The van der Waals surface area contributed by atoms with Crippen molar-refractivity contribution in [3.63, 3.8) is 0 Å². The van der Waals surface area contributed by atoms with E-state index in [1.165, 1.54) is 0 Å². The number of carbonyl (C=O) groups excluding carboxylic acids is 1. The quantitative estimate of drug-likeness (QED) is 0.591. The number of esters is 1. The van der Waals surface area contributed by atoms with Crippen molar-refractivity contribution < 1.29 is 14.6 Å². The molecule has 4 atom stereocenters. The van der Waals surface area contributed by atoms with E-state index in [1.807, 2.05) is 20.8 Å². The molecule has 1 saturated heterocycles. The molecule has 0 amide bonds. The van der Waals surface area contributed by atoms with Crippen LogP contribution in [0, 0.1) is 23.7 Å². The number of aliphatic hydroxyl groups is 1. The number of rotatable bonds is 1. The van der Waals surface area contributed by atoms with Crippen LogP contribution >= 0.6 is 0 Å². The van der Waals surface area contributed by atoms with Crippen LogP contribution in [-0.4, -0.2) is 16.9 Å². The van der Waals surface area contributed by atoms with Crippen LogP contribution in [0.25, 0.3) is 0 Å². The van der Waals surface area contributed by atoms with Gasteiger partial charge in [0.05, 0.1) is 5.92 Å². The van der Waals surface area contributed by atoms with Gasteiger partial charge in [-0.3, -0.25) is 4.79 Å². The Hall–Kier alpha value is -0.570. The van der Waals surface area contributed by atoms with Gasteiger partial charge in [-0.25, -0.2) is 0 Å². The molecule has 0 spiro atoms. The topological polar surface area (TPSA) is 46.5 Å². The lowest BCUT2D eigenvalue weighted by Crippen LogP contribution is -2.22. The van der Waals surface area contributed by atoms with Gasteiger partial charge in [0.15, 0.2) is 0 Å². The van der Waals surface area contributed by atoms with Crippen LogP contribution in [0.2, 0.25) is 0 Å². The first-order chi connectivity index (χ1) is 5.48. The highest BCUT2D eigenvalue weighted by Gasteiger charge is 2.74. The third-order valence-corrected chi connectivity index (χ3v) is 3.20. The summed E-state index contributed by atoms with van der Waals surface area (Å²) in [7, 11) is 0. The standard InChI is InChI=1S/C9H14O3/c1-4(2)6-7-5(3)9(7,11)12-8(6)10/h4-7,11H,1-3H3/t5?,6?,7?,9-/m0/s1. The van der Waals surface area contributed by atoms with Gasteiger partial charge in [0, 0.05) is 11.8 Å². The molecule has 68 valence electrons. The predicted octanol–water partition coefficient (Wildman–Crippen LogP) is 0.770. The summed E-state index contributed by atoms with van der Waals surface area (Å²) < 4.78 is 4.93. The molecule has 2 rings (SSSR count). The summed E-state index contributed by atoms with van der Waals surface area (Å²) in [5, 5.41) is 9.68. The summed E-state index contributed by atoms with van der Waals surface area (Å²) in [5.74, 6) is -0.985. The SMILES string of the molecule is CC(C)C1C(=O)O[C@@]2(O)C(C)C12. The van der Waals surface area contributed by atoms with Crippen molar-refractivity contribution in [2.45, 2.75) is 26.6 Å². The van der Waals surface area contributed by atoms with E-state index >= 15 is 0 Å². The van der Waals surface area contributed by atoms with Gasteiger partial charge in [0.2, 0.25) is 5.79 Å². The van der Waals surface area contributed by atoms with E-state index in [9.17, 15) is 9.90 Å². The summed E-state index contributed by atoms with van der Waals surface area (Å²) >= 11 is 0.